The number of carboxylic acids is 1. The molecule has 22 heavy (non-hydrogen) atoms. The van der Waals surface area contributed by atoms with Crippen molar-refractivity contribution in [1.29, 1.82) is 0 Å². The van der Waals surface area contributed by atoms with Gasteiger partial charge in [-0.25, -0.2) is 0 Å². The van der Waals surface area contributed by atoms with Crippen LogP contribution in [0.5, 0.6) is 0 Å². The van der Waals surface area contributed by atoms with Gasteiger partial charge in [-0.15, -0.1) is 0 Å². The molecule has 0 aromatic carbocycles. The monoisotopic (exact) mass is 304 g/mol. The summed E-state index contributed by atoms with van der Waals surface area (Å²) in [5, 5.41) is 14.4. The summed E-state index contributed by atoms with van der Waals surface area (Å²) >= 11 is 0. The first-order chi connectivity index (χ1) is 10.5. The van der Waals surface area contributed by atoms with E-state index >= 15 is 0 Å². The molecule has 1 aromatic heterocycles. The highest BCUT2D eigenvalue weighted by Gasteiger charge is 2.32. The van der Waals surface area contributed by atoms with Gasteiger partial charge in [0, 0.05) is 12.1 Å². The Labute approximate surface area is 132 Å². The molecule has 1 fully saturated rings. The number of nitrogens with zero attached hydrogens (tertiary/aromatic N) is 2. The number of carboxylic acid groups (broad SMARTS) is 1. The van der Waals surface area contributed by atoms with Gasteiger partial charge in [-0.1, -0.05) is 19.3 Å². The number of fused-ring (bicyclic) bond motifs is 1. The average Bonchev–Trinajstić information content (AvgIpc) is 2.86. The van der Waals surface area contributed by atoms with E-state index < -0.39 is 11.4 Å². The minimum Gasteiger partial charge on any atom is -0.481 e. The summed E-state index contributed by atoms with van der Waals surface area (Å²) in [6.07, 6.45) is 11.6. The van der Waals surface area contributed by atoms with Crippen molar-refractivity contribution in [3.8, 4) is 0 Å². The second kappa shape index (κ2) is 6.05. The van der Waals surface area contributed by atoms with Gasteiger partial charge in [0.1, 0.15) is 0 Å². The summed E-state index contributed by atoms with van der Waals surface area (Å²) in [4.78, 5) is 11.5. The first kappa shape index (κ1) is 15.6. The third kappa shape index (κ3) is 2.92. The zero-order valence-corrected chi connectivity index (χ0v) is 13.9. The fourth-order valence-electron chi connectivity index (χ4n) is 3.97. The van der Waals surface area contributed by atoms with Crippen molar-refractivity contribution in [2.24, 2.45) is 5.41 Å². The number of carbonyl (C=O) groups is 1. The van der Waals surface area contributed by atoms with Crippen molar-refractivity contribution in [3.05, 3.63) is 17.0 Å². The number of rotatable bonds is 4. The molecule has 0 spiro atoms. The Morgan fingerprint density at radius 3 is 2.55 bits per heavy atom. The predicted molar refractivity (Wildman–Crippen MR) is 86.1 cm³/mol. The lowest BCUT2D eigenvalue weighted by atomic mass is 9.84. The first-order valence-electron chi connectivity index (χ1n) is 8.81. The molecule has 1 N–H and O–H groups in total. The summed E-state index contributed by atoms with van der Waals surface area (Å²) < 4.78 is 2.29. The van der Waals surface area contributed by atoms with E-state index in [2.05, 4.69) is 4.68 Å². The number of hydrogen-bond donors (Lipinski definition) is 1. The van der Waals surface area contributed by atoms with E-state index in [9.17, 15) is 9.90 Å². The Hall–Kier alpha value is -1.32. The quantitative estimate of drug-likeness (QED) is 0.917. The Morgan fingerprint density at radius 1 is 1.18 bits per heavy atom. The molecule has 1 aromatic rings. The zero-order chi connectivity index (χ0) is 15.7. The van der Waals surface area contributed by atoms with Crippen LogP contribution in [0.2, 0.25) is 0 Å². The van der Waals surface area contributed by atoms with Gasteiger partial charge in [-0.05, 0) is 57.9 Å². The lowest BCUT2D eigenvalue weighted by molar-refractivity contribution is -0.146. The van der Waals surface area contributed by atoms with Crippen LogP contribution in [0.4, 0.5) is 0 Å². The van der Waals surface area contributed by atoms with Crippen molar-refractivity contribution in [2.75, 3.05) is 0 Å². The number of aromatic nitrogens is 2. The molecule has 1 saturated carbocycles. The lowest BCUT2D eigenvalue weighted by Gasteiger charge is -2.25. The zero-order valence-electron chi connectivity index (χ0n) is 13.9. The van der Waals surface area contributed by atoms with Gasteiger partial charge in [0.25, 0.3) is 0 Å². The predicted octanol–water partition coefficient (Wildman–Crippen LogP) is 3.92. The Morgan fingerprint density at radius 2 is 1.86 bits per heavy atom. The third-order valence-corrected chi connectivity index (χ3v) is 5.40. The fourth-order valence-corrected chi connectivity index (χ4v) is 3.97. The highest BCUT2D eigenvalue weighted by molar-refractivity contribution is 5.74. The molecule has 3 rings (SSSR count). The van der Waals surface area contributed by atoms with Gasteiger partial charge in [0.2, 0.25) is 0 Å². The van der Waals surface area contributed by atoms with E-state index in [-0.39, 0.29) is 0 Å². The first-order valence-corrected chi connectivity index (χ1v) is 8.81. The smallest absolute Gasteiger partial charge is 0.309 e. The van der Waals surface area contributed by atoms with Crippen molar-refractivity contribution in [1.82, 2.24) is 9.78 Å². The number of hydrogen-bond acceptors (Lipinski definition) is 2. The average molecular weight is 304 g/mol. The molecule has 0 aliphatic heterocycles. The summed E-state index contributed by atoms with van der Waals surface area (Å²) in [5.41, 5.74) is 3.09. The molecule has 0 saturated heterocycles. The molecule has 2 aliphatic carbocycles. The Kier molecular flexibility index (Phi) is 4.28. The molecule has 0 bridgehead atoms. The van der Waals surface area contributed by atoms with Crippen molar-refractivity contribution in [2.45, 2.75) is 84.1 Å². The number of aliphatic carboxylic acids is 1. The van der Waals surface area contributed by atoms with Crippen LogP contribution in [0.25, 0.3) is 0 Å². The van der Waals surface area contributed by atoms with Crippen LogP contribution in [0, 0.1) is 5.41 Å². The molecule has 1 heterocycles. The lowest BCUT2D eigenvalue weighted by Crippen LogP contribution is -2.27. The van der Waals surface area contributed by atoms with E-state index in [1.807, 2.05) is 13.8 Å². The van der Waals surface area contributed by atoms with Gasteiger partial charge in [-0.2, -0.15) is 5.10 Å². The maximum absolute atomic E-state index is 11.5. The van der Waals surface area contributed by atoms with E-state index in [0.717, 1.165) is 18.5 Å². The van der Waals surface area contributed by atoms with E-state index in [4.69, 9.17) is 5.10 Å². The molecule has 122 valence electrons. The molecule has 0 unspecified atom stereocenters. The normalized spacial score (nSPS) is 19.9. The molecule has 0 radical (unpaired) electrons. The van der Waals surface area contributed by atoms with Crippen molar-refractivity contribution < 1.29 is 9.90 Å². The van der Waals surface area contributed by atoms with Crippen LogP contribution in [-0.2, 0) is 24.1 Å². The van der Waals surface area contributed by atoms with E-state index in [0.29, 0.717) is 12.5 Å². The maximum Gasteiger partial charge on any atom is 0.309 e. The molecule has 2 aliphatic rings. The highest BCUT2D eigenvalue weighted by atomic mass is 16.4. The van der Waals surface area contributed by atoms with Gasteiger partial charge < -0.3 is 5.11 Å². The standard InChI is InChI=1S/C18H28N2O2/c1-18(2,17(21)22)12-15-14-10-6-7-11-16(14)20(19-15)13-8-4-3-5-9-13/h13H,3-12H2,1-2H3,(H,21,22). The van der Waals surface area contributed by atoms with Gasteiger partial charge in [0.05, 0.1) is 17.2 Å². The van der Waals surface area contributed by atoms with Crippen LogP contribution in [0.1, 0.15) is 81.8 Å². The summed E-state index contributed by atoms with van der Waals surface area (Å²) in [6, 6.07) is 0.544. The van der Waals surface area contributed by atoms with Crippen LogP contribution >= 0.6 is 0 Å². The molecule has 0 atom stereocenters. The van der Waals surface area contributed by atoms with Gasteiger partial charge in [0.15, 0.2) is 0 Å². The second-order valence-electron chi connectivity index (χ2n) is 7.68. The van der Waals surface area contributed by atoms with E-state index in [1.54, 1.807) is 0 Å². The van der Waals surface area contributed by atoms with Crippen LogP contribution in [-0.4, -0.2) is 20.9 Å². The molecule has 4 heteroatoms. The van der Waals surface area contributed by atoms with Crippen LogP contribution in [0.15, 0.2) is 0 Å². The maximum atomic E-state index is 11.5. The Bertz CT molecular complexity index is 554. The van der Waals surface area contributed by atoms with E-state index in [1.165, 1.54) is 56.2 Å². The minimum atomic E-state index is -0.739. The molecule has 4 nitrogen and oxygen atoms in total. The summed E-state index contributed by atoms with van der Waals surface area (Å²) in [6.45, 7) is 3.62. The molecular weight excluding hydrogens is 276 g/mol. The highest BCUT2D eigenvalue weighted by Crippen LogP contribution is 2.35. The summed E-state index contributed by atoms with van der Waals surface area (Å²) in [5.74, 6) is -0.732. The topological polar surface area (TPSA) is 55.1 Å². The van der Waals surface area contributed by atoms with Crippen molar-refractivity contribution >= 4 is 5.97 Å². The van der Waals surface area contributed by atoms with Crippen LogP contribution < -0.4 is 0 Å². The summed E-state index contributed by atoms with van der Waals surface area (Å²) in [7, 11) is 0. The molecular formula is C18H28N2O2. The SMILES string of the molecule is CC(C)(Cc1nn(C2CCCCC2)c2c1CCCC2)C(=O)O. The minimum absolute atomic E-state index is 0.544. The third-order valence-electron chi connectivity index (χ3n) is 5.40. The van der Waals surface area contributed by atoms with Gasteiger partial charge >= 0.3 is 5.97 Å². The van der Waals surface area contributed by atoms with Crippen LogP contribution in [0.3, 0.4) is 0 Å². The Balaban J connectivity index is 1.93. The largest absolute Gasteiger partial charge is 0.481 e. The van der Waals surface area contributed by atoms with Crippen molar-refractivity contribution in [3.63, 3.8) is 0 Å². The molecule has 0 amide bonds. The second-order valence-corrected chi connectivity index (χ2v) is 7.68. The fraction of sp³-hybridized carbons (Fsp3) is 0.778. The van der Waals surface area contributed by atoms with Gasteiger partial charge in [-0.3, -0.25) is 9.48 Å².